The smallest absolute Gasteiger partial charge is 0.189 e. The molecule has 0 spiro atoms. The van der Waals surface area contributed by atoms with Crippen molar-refractivity contribution in [1.82, 2.24) is 5.32 Å². The summed E-state index contributed by atoms with van der Waals surface area (Å²) in [5.74, 6) is 2.77. The third-order valence-corrected chi connectivity index (χ3v) is 0.777. The molecule has 0 saturated carbocycles. The molecule has 0 radical (unpaired) electrons. The summed E-state index contributed by atoms with van der Waals surface area (Å²) < 4.78 is 0. The lowest BCUT2D eigenvalue weighted by Crippen LogP contribution is -2.36. The van der Waals surface area contributed by atoms with Crippen LogP contribution in [0.5, 0.6) is 0 Å². The van der Waals surface area contributed by atoms with E-state index in [0.717, 1.165) is 0 Å². The average Bonchev–Trinajstić information content (AvgIpc) is 1.82. The van der Waals surface area contributed by atoms with Crippen molar-refractivity contribution < 1.29 is 0 Å². The van der Waals surface area contributed by atoms with Gasteiger partial charge in [-0.2, -0.15) is 0 Å². The fourth-order valence-electron chi connectivity index (χ4n) is 0.472. The number of nitrogens with zero attached hydrogens (tertiary/aromatic N) is 1. The third-order valence-electron chi connectivity index (χ3n) is 0.777. The zero-order valence-electron chi connectivity index (χ0n) is 6.39. The summed E-state index contributed by atoms with van der Waals surface area (Å²) in [4.78, 5) is 3.83. The number of hydrogen-bond donors (Lipinski definition) is 2. The summed E-state index contributed by atoms with van der Waals surface area (Å²) in [5.41, 5.74) is 5.40. The summed E-state index contributed by atoms with van der Waals surface area (Å²) in [5, 5.41) is 2.91. The summed E-state index contributed by atoms with van der Waals surface area (Å²) in [6, 6.07) is 0.307. The van der Waals surface area contributed by atoms with Crippen LogP contribution in [0.2, 0.25) is 0 Å². The number of guanidine groups is 1. The van der Waals surface area contributed by atoms with Crippen molar-refractivity contribution in [3.05, 3.63) is 0 Å². The predicted octanol–water partition coefficient (Wildman–Crippen LogP) is -0.0677. The second-order valence-electron chi connectivity index (χ2n) is 2.20. The van der Waals surface area contributed by atoms with Gasteiger partial charge in [-0.25, -0.2) is 4.99 Å². The fraction of sp³-hybridized carbons (Fsp3) is 0.571. The number of hydrogen-bond acceptors (Lipinski definition) is 1. The first-order valence-electron chi connectivity index (χ1n) is 3.16. The highest BCUT2D eigenvalue weighted by atomic mass is 15.1. The molecule has 0 aromatic heterocycles. The Labute approximate surface area is 61.7 Å². The van der Waals surface area contributed by atoms with E-state index in [1.54, 1.807) is 0 Å². The van der Waals surface area contributed by atoms with Crippen molar-refractivity contribution in [2.45, 2.75) is 19.9 Å². The monoisotopic (exact) mass is 139 g/mol. The number of nitrogens with two attached hydrogens (primary N) is 1. The highest BCUT2D eigenvalue weighted by Gasteiger charge is 1.91. The van der Waals surface area contributed by atoms with E-state index in [1.165, 1.54) is 0 Å². The molecule has 0 heterocycles. The van der Waals surface area contributed by atoms with E-state index < -0.39 is 0 Å². The van der Waals surface area contributed by atoms with E-state index in [2.05, 4.69) is 16.2 Å². The number of nitrogens with one attached hydrogen (secondary N) is 1. The van der Waals surface area contributed by atoms with Gasteiger partial charge >= 0.3 is 0 Å². The minimum atomic E-state index is 0.307. The van der Waals surface area contributed by atoms with E-state index in [9.17, 15) is 0 Å². The first-order chi connectivity index (χ1) is 4.66. The lowest BCUT2D eigenvalue weighted by atomic mass is 10.4. The second-order valence-corrected chi connectivity index (χ2v) is 2.20. The van der Waals surface area contributed by atoms with Crippen LogP contribution in [0.3, 0.4) is 0 Å². The highest BCUT2D eigenvalue weighted by molar-refractivity contribution is 5.78. The van der Waals surface area contributed by atoms with E-state index in [-0.39, 0.29) is 0 Å². The Bertz CT molecular complexity index is 153. The summed E-state index contributed by atoms with van der Waals surface area (Å²) in [6.45, 7) is 4.31. The van der Waals surface area contributed by atoms with Crippen molar-refractivity contribution in [3.63, 3.8) is 0 Å². The molecule has 56 valence electrons. The Balaban J connectivity index is 3.62. The van der Waals surface area contributed by atoms with Gasteiger partial charge in [-0.1, -0.05) is 5.92 Å². The number of rotatable bonds is 2. The van der Waals surface area contributed by atoms with Gasteiger partial charge in [0.05, 0.1) is 0 Å². The molecular weight excluding hydrogens is 126 g/mol. The van der Waals surface area contributed by atoms with Gasteiger partial charge in [0, 0.05) is 6.04 Å². The van der Waals surface area contributed by atoms with Crippen molar-refractivity contribution in [2.24, 2.45) is 10.7 Å². The molecule has 0 aliphatic carbocycles. The van der Waals surface area contributed by atoms with E-state index in [1.807, 2.05) is 13.8 Å². The molecule has 0 bridgehead atoms. The molecule has 0 saturated heterocycles. The zero-order chi connectivity index (χ0) is 7.98. The maximum atomic E-state index is 5.40. The molecule has 3 nitrogen and oxygen atoms in total. The van der Waals surface area contributed by atoms with Gasteiger partial charge < -0.3 is 11.1 Å². The molecular formula is C7H13N3. The third kappa shape index (κ3) is 4.98. The minimum absolute atomic E-state index is 0.307. The van der Waals surface area contributed by atoms with Crippen LogP contribution in [0, 0.1) is 12.3 Å². The average molecular weight is 139 g/mol. The Morgan fingerprint density at radius 2 is 2.40 bits per heavy atom. The number of aliphatic imine (C=N–C) groups is 1. The Morgan fingerprint density at radius 3 is 2.80 bits per heavy atom. The molecule has 0 amide bonds. The summed E-state index contributed by atoms with van der Waals surface area (Å²) in [6.07, 6.45) is 4.97. The first-order valence-corrected chi connectivity index (χ1v) is 3.16. The van der Waals surface area contributed by atoms with Crippen molar-refractivity contribution >= 4 is 5.96 Å². The largest absolute Gasteiger partial charge is 0.370 e. The molecule has 0 aliphatic heterocycles. The molecule has 0 aromatic rings. The minimum Gasteiger partial charge on any atom is -0.370 e. The summed E-state index contributed by atoms with van der Waals surface area (Å²) in [7, 11) is 0. The van der Waals surface area contributed by atoms with Gasteiger partial charge in [0.15, 0.2) is 5.96 Å². The lowest BCUT2D eigenvalue weighted by molar-refractivity contribution is 0.726. The second kappa shape index (κ2) is 4.68. The van der Waals surface area contributed by atoms with Gasteiger partial charge in [0.25, 0.3) is 0 Å². The molecule has 0 aromatic carbocycles. The van der Waals surface area contributed by atoms with Crippen molar-refractivity contribution in [3.8, 4) is 12.3 Å². The van der Waals surface area contributed by atoms with Crippen LogP contribution in [0.25, 0.3) is 0 Å². The molecule has 10 heavy (non-hydrogen) atoms. The topological polar surface area (TPSA) is 50.4 Å². The molecule has 3 heteroatoms. The molecule has 0 unspecified atom stereocenters. The van der Waals surface area contributed by atoms with Gasteiger partial charge in [-0.05, 0) is 13.8 Å². The summed E-state index contributed by atoms with van der Waals surface area (Å²) >= 11 is 0. The van der Waals surface area contributed by atoms with Crippen LogP contribution >= 0.6 is 0 Å². The Morgan fingerprint density at radius 1 is 1.80 bits per heavy atom. The quantitative estimate of drug-likeness (QED) is 0.320. The fourth-order valence-corrected chi connectivity index (χ4v) is 0.472. The Hall–Kier alpha value is -1.17. The number of terminal acetylenes is 1. The van der Waals surface area contributed by atoms with Crippen LogP contribution < -0.4 is 11.1 Å². The molecule has 0 aliphatic rings. The molecule has 0 rings (SSSR count). The van der Waals surface area contributed by atoms with Gasteiger partial charge in [-0.3, -0.25) is 0 Å². The van der Waals surface area contributed by atoms with Gasteiger partial charge in [0.1, 0.15) is 6.54 Å². The maximum Gasteiger partial charge on any atom is 0.189 e. The van der Waals surface area contributed by atoms with Gasteiger partial charge in [-0.15, -0.1) is 6.42 Å². The molecule has 3 N–H and O–H groups in total. The standard InChI is InChI=1S/C7H13N3/c1-4-5-9-7(8)10-6(2)3/h1,6H,5H2,2-3H3,(H3,8,9,10). The van der Waals surface area contributed by atoms with E-state index in [0.29, 0.717) is 18.5 Å². The normalized spacial score (nSPS) is 11.2. The predicted molar refractivity (Wildman–Crippen MR) is 43.6 cm³/mol. The van der Waals surface area contributed by atoms with Crippen molar-refractivity contribution in [2.75, 3.05) is 6.54 Å². The SMILES string of the molecule is C#CCN=C(N)NC(C)C. The van der Waals surface area contributed by atoms with Crippen LogP contribution in [0.15, 0.2) is 4.99 Å². The van der Waals surface area contributed by atoms with Crippen LogP contribution in [0.1, 0.15) is 13.8 Å². The molecule has 0 atom stereocenters. The maximum absolute atomic E-state index is 5.40. The van der Waals surface area contributed by atoms with Crippen LogP contribution in [-0.4, -0.2) is 18.5 Å². The van der Waals surface area contributed by atoms with Crippen LogP contribution in [-0.2, 0) is 0 Å². The van der Waals surface area contributed by atoms with Crippen molar-refractivity contribution in [1.29, 1.82) is 0 Å². The molecule has 0 fully saturated rings. The first kappa shape index (κ1) is 8.83. The highest BCUT2D eigenvalue weighted by Crippen LogP contribution is 1.74. The zero-order valence-corrected chi connectivity index (χ0v) is 6.39. The van der Waals surface area contributed by atoms with E-state index in [4.69, 9.17) is 12.2 Å². The lowest BCUT2D eigenvalue weighted by Gasteiger charge is -2.06. The Kier molecular flexibility index (Phi) is 4.14. The van der Waals surface area contributed by atoms with Gasteiger partial charge in [0.2, 0.25) is 0 Å². The van der Waals surface area contributed by atoms with Crippen LogP contribution in [0.4, 0.5) is 0 Å². The van der Waals surface area contributed by atoms with E-state index >= 15 is 0 Å².